The third-order valence-electron chi connectivity index (χ3n) is 5.00. The van der Waals surface area contributed by atoms with E-state index < -0.39 is 11.1 Å². The van der Waals surface area contributed by atoms with Crippen molar-refractivity contribution in [2.24, 2.45) is 0 Å². The third kappa shape index (κ3) is 5.48. The number of carbonyl (C=O) groups is 2. The molecule has 170 valence electrons. The van der Waals surface area contributed by atoms with Gasteiger partial charge in [-0.25, -0.2) is 0 Å². The zero-order valence-corrected chi connectivity index (χ0v) is 21.3. The molecule has 5 nitrogen and oxygen atoms in total. The van der Waals surface area contributed by atoms with Crippen LogP contribution in [0.25, 0.3) is 6.08 Å². The van der Waals surface area contributed by atoms with Crippen molar-refractivity contribution in [1.29, 1.82) is 5.26 Å². The molecule has 0 radical (unpaired) electrons. The monoisotopic (exact) mass is 572 g/mol. The highest BCUT2D eigenvalue weighted by Crippen LogP contribution is 2.36. The molecule has 0 N–H and O–H groups in total. The number of hydrogen-bond donors (Lipinski definition) is 0. The van der Waals surface area contributed by atoms with Crippen molar-refractivity contribution in [2.75, 3.05) is 0 Å². The standard InChI is InChI=1S/C25H15BrCl2N2O3S/c26-19-6-8-22(33-14-17-5-7-20(27)11-21(17)28)18(9-19)10-23-24(31)30(25(32)34-23)13-16-4-2-1-3-15(16)12-29/h1-11H,13-14H2/b23-10+. The van der Waals surface area contributed by atoms with Crippen LogP contribution in [-0.2, 0) is 17.9 Å². The molecule has 1 saturated heterocycles. The van der Waals surface area contributed by atoms with Gasteiger partial charge in [0.1, 0.15) is 12.4 Å². The van der Waals surface area contributed by atoms with Crippen molar-refractivity contribution < 1.29 is 14.3 Å². The molecular formula is C25H15BrCl2N2O3S. The van der Waals surface area contributed by atoms with Gasteiger partial charge in [-0.15, -0.1) is 0 Å². The first-order valence-corrected chi connectivity index (χ1v) is 12.3. The normalized spacial score (nSPS) is 14.5. The second-order valence-corrected chi connectivity index (χ2v) is 10.00. The van der Waals surface area contributed by atoms with Crippen LogP contribution in [0.1, 0.15) is 22.3 Å². The number of imide groups is 1. The van der Waals surface area contributed by atoms with Crippen LogP contribution in [0.2, 0.25) is 10.0 Å². The molecule has 0 unspecified atom stereocenters. The molecule has 4 rings (SSSR count). The molecule has 0 spiro atoms. The van der Waals surface area contributed by atoms with Crippen LogP contribution in [0.15, 0.2) is 70.0 Å². The molecule has 0 aromatic heterocycles. The van der Waals surface area contributed by atoms with Crippen LogP contribution >= 0.6 is 50.9 Å². The zero-order valence-electron chi connectivity index (χ0n) is 17.4. The first-order valence-electron chi connectivity index (χ1n) is 9.95. The maximum Gasteiger partial charge on any atom is 0.293 e. The largest absolute Gasteiger partial charge is 0.488 e. The molecular weight excluding hydrogens is 559 g/mol. The van der Waals surface area contributed by atoms with Crippen molar-refractivity contribution >= 4 is 68.1 Å². The van der Waals surface area contributed by atoms with Gasteiger partial charge in [0.15, 0.2) is 0 Å². The summed E-state index contributed by atoms with van der Waals surface area (Å²) in [6.45, 7) is 0.230. The van der Waals surface area contributed by atoms with E-state index in [0.29, 0.717) is 32.5 Å². The van der Waals surface area contributed by atoms with Gasteiger partial charge in [-0.1, -0.05) is 63.4 Å². The van der Waals surface area contributed by atoms with E-state index in [2.05, 4.69) is 22.0 Å². The van der Waals surface area contributed by atoms with Gasteiger partial charge in [-0.3, -0.25) is 14.5 Å². The summed E-state index contributed by atoms with van der Waals surface area (Å²) >= 11 is 16.5. The topological polar surface area (TPSA) is 70.4 Å². The SMILES string of the molecule is N#Cc1ccccc1CN1C(=O)S/C(=C/c2cc(Br)ccc2OCc2ccc(Cl)cc2Cl)C1=O. The second-order valence-electron chi connectivity index (χ2n) is 7.24. The number of hydrogen-bond acceptors (Lipinski definition) is 5. The summed E-state index contributed by atoms with van der Waals surface area (Å²) in [7, 11) is 0. The Hall–Kier alpha value is -2.76. The van der Waals surface area contributed by atoms with Crippen LogP contribution in [0.4, 0.5) is 4.79 Å². The summed E-state index contributed by atoms with van der Waals surface area (Å²) in [5.74, 6) is 0.102. The van der Waals surface area contributed by atoms with Crippen molar-refractivity contribution in [3.8, 4) is 11.8 Å². The zero-order chi connectivity index (χ0) is 24.2. The number of nitriles is 1. The highest BCUT2D eigenvalue weighted by molar-refractivity contribution is 9.10. The van der Waals surface area contributed by atoms with Crippen LogP contribution in [-0.4, -0.2) is 16.0 Å². The Morgan fingerprint density at radius 2 is 1.85 bits per heavy atom. The van der Waals surface area contributed by atoms with E-state index in [1.54, 1.807) is 60.7 Å². The molecule has 1 fully saturated rings. The number of nitrogens with zero attached hydrogens (tertiary/aromatic N) is 2. The quantitative estimate of drug-likeness (QED) is 0.286. The van der Waals surface area contributed by atoms with E-state index in [1.165, 1.54) is 0 Å². The Bertz CT molecular complexity index is 1370. The van der Waals surface area contributed by atoms with Crippen molar-refractivity contribution in [1.82, 2.24) is 4.90 Å². The molecule has 0 aliphatic carbocycles. The summed E-state index contributed by atoms with van der Waals surface area (Å²) in [5.41, 5.74) is 2.42. The highest BCUT2D eigenvalue weighted by atomic mass is 79.9. The van der Waals surface area contributed by atoms with Gasteiger partial charge in [0.2, 0.25) is 0 Å². The molecule has 9 heteroatoms. The Labute approximate surface area is 219 Å². The van der Waals surface area contributed by atoms with Gasteiger partial charge in [0.25, 0.3) is 11.1 Å². The smallest absolute Gasteiger partial charge is 0.293 e. The number of carbonyl (C=O) groups excluding carboxylic acids is 2. The Morgan fingerprint density at radius 3 is 2.62 bits per heavy atom. The molecule has 0 atom stereocenters. The maximum atomic E-state index is 13.0. The average molecular weight is 574 g/mol. The van der Waals surface area contributed by atoms with Crippen molar-refractivity contribution in [3.05, 3.63) is 102 Å². The van der Waals surface area contributed by atoms with E-state index >= 15 is 0 Å². The number of ether oxygens (including phenoxy) is 1. The van der Waals surface area contributed by atoms with Crippen molar-refractivity contribution in [2.45, 2.75) is 13.2 Å². The molecule has 0 bridgehead atoms. The predicted molar refractivity (Wildman–Crippen MR) is 138 cm³/mol. The third-order valence-corrected chi connectivity index (χ3v) is 6.98. The number of benzene rings is 3. The van der Waals surface area contributed by atoms with Gasteiger partial charge < -0.3 is 4.74 Å². The molecule has 34 heavy (non-hydrogen) atoms. The van der Waals surface area contributed by atoms with Gasteiger partial charge in [0, 0.05) is 25.6 Å². The minimum atomic E-state index is -0.422. The highest BCUT2D eigenvalue weighted by Gasteiger charge is 2.35. The first-order chi connectivity index (χ1) is 16.4. The fourth-order valence-electron chi connectivity index (χ4n) is 3.27. The summed E-state index contributed by atoms with van der Waals surface area (Å²) in [5, 5.41) is 9.93. The van der Waals surface area contributed by atoms with Crippen LogP contribution in [0.3, 0.4) is 0 Å². The van der Waals surface area contributed by atoms with E-state index in [4.69, 9.17) is 27.9 Å². The fourth-order valence-corrected chi connectivity index (χ4v) is 4.94. The van der Waals surface area contributed by atoms with Crippen molar-refractivity contribution in [3.63, 3.8) is 0 Å². The summed E-state index contributed by atoms with van der Waals surface area (Å²) in [6, 6.07) is 19.5. The summed E-state index contributed by atoms with van der Waals surface area (Å²) < 4.78 is 6.77. The van der Waals surface area contributed by atoms with Gasteiger partial charge in [0.05, 0.1) is 23.1 Å². The Kier molecular flexibility index (Phi) is 7.64. The molecule has 1 heterocycles. The van der Waals surface area contributed by atoms with E-state index in [9.17, 15) is 14.9 Å². The molecule has 1 aliphatic heterocycles. The van der Waals surface area contributed by atoms with Gasteiger partial charge in [-0.05, 0) is 59.8 Å². The first kappa shape index (κ1) is 24.4. The van der Waals surface area contributed by atoms with E-state index in [1.807, 2.05) is 6.07 Å². The summed E-state index contributed by atoms with van der Waals surface area (Å²) in [4.78, 5) is 27.0. The van der Waals surface area contributed by atoms with Gasteiger partial charge >= 0.3 is 0 Å². The lowest BCUT2D eigenvalue weighted by Gasteiger charge is -2.13. The van der Waals surface area contributed by atoms with Gasteiger partial charge in [-0.2, -0.15) is 5.26 Å². The average Bonchev–Trinajstić information content (AvgIpc) is 3.07. The minimum Gasteiger partial charge on any atom is -0.488 e. The number of amides is 2. The molecule has 3 aromatic carbocycles. The van der Waals surface area contributed by atoms with Crippen LogP contribution in [0.5, 0.6) is 5.75 Å². The summed E-state index contributed by atoms with van der Waals surface area (Å²) in [6.07, 6.45) is 1.63. The lowest BCUT2D eigenvalue weighted by molar-refractivity contribution is -0.123. The van der Waals surface area contributed by atoms with E-state index in [-0.39, 0.29) is 18.1 Å². The predicted octanol–water partition coefficient (Wildman–Crippen LogP) is 7.44. The van der Waals surface area contributed by atoms with Crippen LogP contribution < -0.4 is 4.74 Å². The van der Waals surface area contributed by atoms with E-state index in [0.717, 1.165) is 26.7 Å². The molecule has 1 aliphatic rings. The molecule has 2 amide bonds. The number of halogens is 3. The Balaban J connectivity index is 1.57. The molecule has 0 saturated carbocycles. The van der Waals surface area contributed by atoms with Crippen LogP contribution in [0, 0.1) is 11.3 Å². The lowest BCUT2D eigenvalue weighted by atomic mass is 10.1. The maximum absolute atomic E-state index is 13.0. The number of rotatable bonds is 6. The Morgan fingerprint density at radius 1 is 1.06 bits per heavy atom. The second kappa shape index (κ2) is 10.7. The minimum absolute atomic E-state index is 0.0304. The fraction of sp³-hybridized carbons (Fsp3) is 0.0800. The number of thioether (sulfide) groups is 1. The lowest BCUT2D eigenvalue weighted by Crippen LogP contribution is -2.27. The molecule has 3 aromatic rings.